The van der Waals surface area contributed by atoms with Crippen LogP contribution in [-0.2, 0) is 27.8 Å². The first-order valence-corrected chi connectivity index (χ1v) is 11.3. The lowest BCUT2D eigenvalue weighted by atomic mass is 10.1. The van der Waals surface area contributed by atoms with Crippen LogP contribution >= 0.6 is 0 Å². The van der Waals surface area contributed by atoms with Gasteiger partial charge in [-0.25, -0.2) is 17.5 Å². The largest absolute Gasteiger partial charge is 0.495 e. The third-order valence-corrected chi connectivity index (χ3v) is 6.73. The first kappa shape index (κ1) is 22.9. The van der Waals surface area contributed by atoms with Gasteiger partial charge in [-0.15, -0.1) is 0 Å². The Kier molecular flexibility index (Phi) is 6.76. The maximum atomic E-state index is 12.7. The average Bonchev–Trinajstić information content (AvgIpc) is 3.10. The Morgan fingerprint density at radius 3 is 2.58 bits per heavy atom. The molecule has 0 saturated carbocycles. The van der Waals surface area contributed by atoms with Crippen LogP contribution in [0.1, 0.15) is 35.3 Å². The first-order chi connectivity index (χ1) is 14.7. The van der Waals surface area contributed by atoms with Gasteiger partial charge in [-0.3, -0.25) is 0 Å². The van der Waals surface area contributed by atoms with Crippen molar-refractivity contribution < 1.29 is 32.2 Å². The van der Waals surface area contributed by atoms with E-state index in [1.165, 1.54) is 39.4 Å². The fourth-order valence-corrected chi connectivity index (χ4v) is 4.39. The van der Waals surface area contributed by atoms with Crippen molar-refractivity contribution in [3.8, 4) is 17.2 Å². The summed E-state index contributed by atoms with van der Waals surface area (Å²) in [5.41, 5.74) is 1.84. The molecule has 0 amide bonds. The molecule has 1 atom stereocenters. The molecule has 2 aromatic carbocycles. The van der Waals surface area contributed by atoms with Crippen LogP contribution in [0.25, 0.3) is 0 Å². The van der Waals surface area contributed by atoms with Gasteiger partial charge in [0, 0.05) is 31.6 Å². The van der Waals surface area contributed by atoms with Crippen molar-refractivity contribution in [2.75, 3.05) is 27.8 Å². The number of hydrogen-bond acceptors (Lipinski definition) is 7. The van der Waals surface area contributed by atoms with Gasteiger partial charge in [0.05, 0.1) is 19.3 Å². The summed E-state index contributed by atoms with van der Waals surface area (Å²) in [4.78, 5) is 12.6. The Labute approximate surface area is 182 Å². The molecule has 9 heteroatoms. The lowest BCUT2D eigenvalue weighted by Crippen LogP contribution is -2.23. The molecular weight excluding hydrogens is 422 g/mol. The van der Waals surface area contributed by atoms with Gasteiger partial charge in [0.1, 0.15) is 34.9 Å². The molecule has 31 heavy (non-hydrogen) atoms. The van der Waals surface area contributed by atoms with Gasteiger partial charge in [-0.05, 0) is 44.2 Å². The van der Waals surface area contributed by atoms with Gasteiger partial charge >= 0.3 is 5.97 Å². The molecule has 168 valence electrons. The van der Waals surface area contributed by atoms with Crippen LogP contribution in [0.5, 0.6) is 17.2 Å². The predicted molar refractivity (Wildman–Crippen MR) is 114 cm³/mol. The highest BCUT2D eigenvalue weighted by Crippen LogP contribution is 2.35. The van der Waals surface area contributed by atoms with E-state index in [0.29, 0.717) is 17.9 Å². The molecular formula is C22H27NO7S. The quantitative estimate of drug-likeness (QED) is 0.572. The Hall–Kier alpha value is -2.78. The van der Waals surface area contributed by atoms with E-state index in [4.69, 9.17) is 18.9 Å². The zero-order valence-corrected chi connectivity index (χ0v) is 19.1. The maximum absolute atomic E-state index is 12.7. The lowest BCUT2D eigenvalue weighted by Gasteiger charge is -2.16. The molecule has 3 rings (SSSR count). The van der Waals surface area contributed by atoms with Crippen molar-refractivity contribution in [3.05, 3.63) is 47.0 Å². The van der Waals surface area contributed by atoms with Crippen LogP contribution in [0, 0.1) is 0 Å². The number of benzene rings is 2. The molecule has 2 aromatic rings. The maximum Gasteiger partial charge on any atom is 0.338 e. The Morgan fingerprint density at radius 2 is 1.94 bits per heavy atom. The van der Waals surface area contributed by atoms with Crippen molar-refractivity contribution in [2.45, 2.75) is 37.9 Å². The van der Waals surface area contributed by atoms with Gasteiger partial charge in [0.2, 0.25) is 10.0 Å². The molecule has 0 spiro atoms. The van der Waals surface area contributed by atoms with E-state index in [0.717, 1.165) is 22.0 Å². The molecule has 1 aliphatic rings. The van der Waals surface area contributed by atoms with Crippen LogP contribution in [0.2, 0.25) is 0 Å². The monoisotopic (exact) mass is 449 g/mol. The Balaban J connectivity index is 1.84. The first-order valence-electron chi connectivity index (χ1n) is 9.90. The number of methoxy groups -OCH3 is 1. The van der Waals surface area contributed by atoms with Crippen LogP contribution in [-0.4, -0.2) is 52.6 Å². The zero-order chi connectivity index (χ0) is 22.8. The SMILES string of the molecule is CCOc1cc2c(cc1COC(=O)c1ccc(OC)c(S(=O)(=O)N(C)C)c1)O[C@H](C)C2. The highest BCUT2D eigenvalue weighted by atomic mass is 32.2. The molecule has 8 nitrogen and oxygen atoms in total. The van der Waals surface area contributed by atoms with Gasteiger partial charge in [-0.1, -0.05) is 0 Å². The predicted octanol–water partition coefficient (Wildman–Crippen LogP) is 3.02. The molecule has 0 aliphatic carbocycles. The molecule has 0 aromatic heterocycles. The molecule has 0 unspecified atom stereocenters. The van der Waals surface area contributed by atoms with Gasteiger partial charge in [0.15, 0.2) is 0 Å². The molecule has 0 radical (unpaired) electrons. The van der Waals surface area contributed by atoms with Crippen molar-refractivity contribution in [3.63, 3.8) is 0 Å². The van der Waals surface area contributed by atoms with Crippen molar-refractivity contribution in [2.24, 2.45) is 0 Å². The summed E-state index contributed by atoms with van der Waals surface area (Å²) in [6.45, 7) is 4.30. The van der Waals surface area contributed by atoms with E-state index in [-0.39, 0.29) is 28.9 Å². The number of carbonyl (C=O) groups is 1. The zero-order valence-electron chi connectivity index (χ0n) is 18.3. The summed E-state index contributed by atoms with van der Waals surface area (Å²) in [5, 5.41) is 0. The standard InChI is InChI=1S/C22H27NO7S/c1-6-28-19-10-16-9-14(2)30-20(16)11-17(19)13-29-22(24)15-7-8-18(27-5)21(12-15)31(25,26)23(3)4/h7-8,10-12,14H,6,9,13H2,1-5H3/t14-/m1/s1. The summed E-state index contributed by atoms with van der Waals surface area (Å²) < 4.78 is 48.3. The summed E-state index contributed by atoms with van der Waals surface area (Å²) in [7, 11) is 0.381. The molecule has 0 bridgehead atoms. The topological polar surface area (TPSA) is 91.4 Å². The van der Waals surface area contributed by atoms with E-state index >= 15 is 0 Å². The van der Waals surface area contributed by atoms with Crippen LogP contribution in [0.3, 0.4) is 0 Å². The van der Waals surface area contributed by atoms with Gasteiger partial charge in [0.25, 0.3) is 0 Å². The summed E-state index contributed by atoms with van der Waals surface area (Å²) in [6.07, 6.45) is 0.878. The normalized spacial score (nSPS) is 15.4. The second kappa shape index (κ2) is 9.15. The minimum atomic E-state index is -3.80. The minimum Gasteiger partial charge on any atom is -0.495 e. The van der Waals surface area contributed by atoms with Gasteiger partial charge < -0.3 is 18.9 Å². The van der Waals surface area contributed by atoms with E-state index < -0.39 is 16.0 Å². The molecule has 0 saturated heterocycles. The third kappa shape index (κ3) is 4.77. The lowest BCUT2D eigenvalue weighted by molar-refractivity contribution is 0.0469. The average molecular weight is 450 g/mol. The smallest absolute Gasteiger partial charge is 0.338 e. The number of ether oxygens (including phenoxy) is 4. The van der Waals surface area contributed by atoms with E-state index in [2.05, 4.69) is 0 Å². The van der Waals surface area contributed by atoms with Crippen LogP contribution < -0.4 is 14.2 Å². The van der Waals surface area contributed by atoms with Crippen LogP contribution in [0.15, 0.2) is 35.2 Å². The van der Waals surface area contributed by atoms with Crippen molar-refractivity contribution >= 4 is 16.0 Å². The van der Waals surface area contributed by atoms with Crippen LogP contribution in [0.4, 0.5) is 0 Å². The highest BCUT2D eigenvalue weighted by molar-refractivity contribution is 7.89. The number of hydrogen-bond donors (Lipinski definition) is 0. The third-order valence-electron chi connectivity index (χ3n) is 4.90. The number of carbonyl (C=O) groups excluding carboxylic acids is 1. The molecule has 1 aliphatic heterocycles. The van der Waals surface area contributed by atoms with E-state index in [1.807, 2.05) is 26.0 Å². The summed E-state index contributed by atoms with van der Waals surface area (Å²) in [5.74, 6) is 0.882. The number of sulfonamides is 1. The number of esters is 1. The van der Waals surface area contributed by atoms with Crippen molar-refractivity contribution in [1.82, 2.24) is 4.31 Å². The second-order valence-corrected chi connectivity index (χ2v) is 9.48. The fourth-order valence-electron chi connectivity index (χ4n) is 3.31. The van der Waals surface area contributed by atoms with Crippen molar-refractivity contribution in [1.29, 1.82) is 0 Å². The summed E-state index contributed by atoms with van der Waals surface area (Å²) in [6, 6.07) is 7.90. The number of fused-ring (bicyclic) bond motifs is 1. The van der Waals surface area contributed by atoms with E-state index in [9.17, 15) is 13.2 Å². The number of nitrogens with zero attached hydrogens (tertiary/aromatic N) is 1. The Morgan fingerprint density at radius 1 is 1.19 bits per heavy atom. The number of rotatable bonds is 8. The molecule has 0 N–H and O–H groups in total. The van der Waals surface area contributed by atoms with E-state index in [1.54, 1.807) is 0 Å². The minimum absolute atomic E-state index is 0.0407. The Bertz CT molecular complexity index is 1080. The highest BCUT2D eigenvalue weighted by Gasteiger charge is 2.25. The summed E-state index contributed by atoms with van der Waals surface area (Å²) >= 11 is 0. The molecule has 0 fully saturated rings. The van der Waals surface area contributed by atoms with Gasteiger partial charge in [-0.2, -0.15) is 0 Å². The second-order valence-electron chi connectivity index (χ2n) is 7.36. The molecule has 1 heterocycles. The fraction of sp³-hybridized carbons (Fsp3) is 0.409.